The SMILES string of the molecule is CCOP(OCC)C(P(OCC)OCC)P(=O)(OC)OC.[B].[B]. The first-order valence-corrected chi connectivity index (χ1v) is 11.0. The average molecular weight is 386 g/mol. The highest BCUT2D eigenvalue weighted by Gasteiger charge is 2.50. The molecule has 0 aliphatic rings. The fraction of sp³-hybridized carbons (Fsp3) is 1.00. The first kappa shape index (κ1) is 28.8. The summed E-state index contributed by atoms with van der Waals surface area (Å²) in [5.41, 5.74) is 0. The molecule has 0 aromatic rings. The molecule has 12 heteroatoms. The van der Waals surface area contributed by atoms with Gasteiger partial charge in [-0.05, 0) is 27.7 Å². The number of hydrogen-bond acceptors (Lipinski definition) is 7. The van der Waals surface area contributed by atoms with Crippen LogP contribution in [0.15, 0.2) is 0 Å². The van der Waals surface area contributed by atoms with Crippen molar-refractivity contribution in [1.82, 2.24) is 0 Å². The second-order valence-corrected chi connectivity index (χ2v) is 10.2. The van der Waals surface area contributed by atoms with Gasteiger partial charge in [-0.2, -0.15) is 0 Å². The lowest BCUT2D eigenvalue weighted by Gasteiger charge is -2.33. The van der Waals surface area contributed by atoms with Crippen LogP contribution in [0, 0.1) is 0 Å². The van der Waals surface area contributed by atoms with E-state index < -0.39 is 29.5 Å². The second kappa shape index (κ2) is 16.4. The maximum Gasteiger partial charge on any atom is 0.351 e. The molecule has 0 aliphatic carbocycles. The van der Waals surface area contributed by atoms with E-state index in [-0.39, 0.29) is 16.8 Å². The van der Waals surface area contributed by atoms with Crippen molar-refractivity contribution in [2.75, 3.05) is 40.6 Å². The second-order valence-electron chi connectivity index (χ2n) is 3.49. The van der Waals surface area contributed by atoms with Crippen LogP contribution in [-0.2, 0) is 31.7 Å². The highest BCUT2D eigenvalue weighted by Crippen LogP contribution is 2.76. The van der Waals surface area contributed by atoms with Crippen LogP contribution in [0.2, 0.25) is 0 Å². The van der Waals surface area contributed by atoms with Gasteiger partial charge in [-0.3, -0.25) is 4.57 Å². The minimum Gasteiger partial charge on any atom is -0.333 e. The van der Waals surface area contributed by atoms with Crippen LogP contribution in [0.3, 0.4) is 0 Å². The van der Waals surface area contributed by atoms with Crippen molar-refractivity contribution in [3.05, 3.63) is 0 Å². The van der Waals surface area contributed by atoms with Crippen molar-refractivity contribution >= 4 is 41.2 Å². The van der Waals surface area contributed by atoms with E-state index in [1.54, 1.807) is 0 Å². The normalized spacial score (nSPS) is 11.7. The largest absolute Gasteiger partial charge is 0.351 e. The molecule has 0 aromatic heterocycles. The molecule has 7 nitrogen and oxygen atoms in total. The minimum atomic E-state index is -3.46. The number of hydrogen-bond donors (Lipinski definition) is 0. The molecule has 0 saturated heterocycles. The maximum atomic E-state index is 12.9. The van der Waals surface area contributed by atoms with Crippen LogP contribution in [0.25, 0.3) is 0 Å². The third-order valence-corrected chi connectivity index (χ3v) is 10.5. The van der Waals surface area contributed by atoms with Gasteiger partial charge in [0.2, 0.25) is 0 Å². The Bertz CT molecular complexity index is 279. The quantitative estimate of drug-likeness (QED) is 0.353. The van der Waals surface area contributed by atoms with Gasteiger partial charge in [-0.25, -0.2) is 0 Å². The molecule has 0 heterocycles. The van der Waals surface area contributed by atoms with Gasteiger partial charge in [-0.1, -0.05) is 0 Å². The average Bonchev–Trinajstić information content (AvgIpc) is 2.48. The van der Waals surface area contributed by atoms with E-state index in [1.165, 1.54) is 14.2 Å². The fourth-order valence-corrected chi connectivity index (χ4v) is 8.84. The Hall–Kier alpha value is 0.980. The number of rotatable bonds is 13. The fourth-order valence-electron chi connectivity index (χ4n) is 1.42. The van der Waals surface area contributed by atoms with E-state index in [4.69, 9.17) is 27.1 Å². The van der Waals surface area contributed by atoms with Gasteiger partial charge in [0.1, 0.15) is 0 Å². The Labute approximate surface area is 147 Å². The first-order chi connectivity index (χ1) is 10.0. The first-order valence-electron chi connectivity index (χ1n) is 6.85. The van der Waals surface area contributed by atoms with Crippen LogP contribution >= 0.6 is 24.3 Å². The van der Waals surface area contributed by atoms with Crippen molar-refractivity contribution in [3.8, 4) is 0 Å². The van der Waals surface area contributed by atoms with Crippen molar-refractivity contribution in [2.45, 2.75) is 32.8 Å². The lowest BCUT2D eigenvalue weighted by atomic mass is 10.8. The zero-order valence-electron chi connectivity index (χ0n) is 14.8. The summed E-state index contributed by atoms with van der Waals surface area (Å²) < 4.78 is 45.7. The van der Waals surface area contributed by atoms with Gasteiger partial charge in [-0.15, -0.1) is 0 Å². The molecule has 0 aliphatic heterocycles. The molecular formula is C11H27B2O7P3. The monoisotopic (exact) mass is 386 g/mol. The Balaban J connectivity index is -0.00000200. The van der Waals surface area contributed by atoms with Gasteiger partial charge in [0.05, 0.1) is 26.4 Å². The summed E-state index contributed by atoms with van der Waals surface area (Å²) in [4.78, 5) is 0. The molecule has 0 unspecified atom stereocenters. The van der Waals surface area contributed by atoms with Gasteiger partial charge >= 0.3 is 7.60 Å². The zero-order chi connectivity index (χ0) is 16.3. The predicted octanol–water partition coefficient (Wildman–Crippen LogP) is 3.76. The molecule has 0 saturated carbocycles. The molecule has 23 heavy (non-hydrogen) atoms. The van der Waals surface area contributed by atoms with Gasteiger partial charge in [0.15, 0.2) is 21.9 Å². The predicted molar refractivity (Wildman–Crippen MR) is 97.3 cm³/mol. The molecule has 0 atom stereocenters. The van der Waals surface area contributed by atoms with Gasteiger partial charge in [0.25, 0.3) is 0 Å². The highest BCUT2D eigenvalue weighted by atomic mass is 31.3. The lowest BCUT2D eigenvalue weighted by molar-refractivity contribution is 0.239. The lowest BCUT2D eigenvalue weighted by Crippen LogP contribution is -2.14. The molecule has 0 aromatic carbocycles. The third kappa shape index (κ3) is 9.30. The molecule has 0 bridgehead atoms. The van der Waals surface area contributed by atoms with E-state index in [9.17, 15) is 4.57 Å². The summed E-state index contributed by atoms with van der Waals surface area (Å²) in [5, 5.41) is -0.711. The van der Waals surface area contributed by atoms with E-state index in [0.29, 0.717) is 26.4 Å². The molecule has 6 radical (unpaired) electrons. The summed E-state index contributed by atoms with van der Waals surface area (Å²) in [5.74, 6) is 0. The topological polar surface area (TPSA) is 72.5 Å². The molecule has 0 spiro atoms. The smallest absolute Gasteiger partial charge is 0.333 e. The molecule has 0 rings (SSSR count). The summed E-state index contributed by atoms with van der Waals surface area (Å²) in [6, 6.07) is 0. The molecule has 0 amide bonds. The van der Waals surface area contributed by atoms with E-state index in [1.807, 2.05) is 27.7 Å². The van der Waals surface area contributed by atoms with E-state index in [2.05, 4.69) is 0 Å². The van der Waals surface area contributed by atoms with Crippen LogP contribution < -0.4 is 0 Å². The van der Waals surface area contributed by atoms with Crippen molar-refractivity contribution in [2.24, 2.45) is 0 Å². The molecule has 0 N–H and O–H groups in total. The summed E-state index contributed by atoms with van der Waals surface area (Å²) in [7, 11) is -3.82. The third-order valence-electron chi connectivity index (χ3n) is 2.19. The summed E-state index contributed by atoms with van der Waals surface area (Å²) >= 11 is 0. The zero-order valence-corrected chi connectivity index (χ0v) is 17.4. The van der Waals surface area contributed by atoms with E-state index in [0.717, 1.165) is 0 Å². The maximum absolute atomic E-state index is 12.9. The Morgan fingerprint density at radius 1 is 0.739 bits per heavy atom. The standard InChI is InChI=1S/C11H27O7P3.2B/c1-7-15-19(16-8-2)11(21(12,13-5)14-6)20(17-9-3)18-10-4;;/h11H,7-10H2,1-6H3;;. The molecule has 0 fully saturated rings. The van der Waals surface area contributed by atoms with Crippen molar-refractivity contribution in [3.63, 3.8) is 0 Å². The van der Waals surface area contributed by atoms with Crippen molar-refractivity contribution < 1.29 is 31.7 Å². The van der Waals surface area contributed by atoms with Crippen molar-refractivity contribution in [1.29, 1.82) is 0 Å². The summed E-state index contributed by atoms with van der Waals surface area (Å²) in [6.07, 6.45) is 0. The minimum absolute atomic E-state index is 0. The molecular weight excluding hydrogens is 359 g/mol. The highest BCUT2D eigenvalue weighted by molar-refractivity contribution is 7.84. The van der Waals surface area contributed by atoms with Crippen LogP contribution in [0.5, 0.6) is 0 Å². The molecule has 134 valence electrons. The Morgan fingerprint density at radius 3 is 1.17 bits per heavy atom. The van der Waals surface area contributed by atoms with Crippen LogP contribution in [0.4, 0.5) is 0 Å². The Kier molecular flexibility index (Phi) is 20.6. The van der Waals surface area contributed by atoms with Crippen LogP contribution in [0.1, 0.15) is 27.7 Å². The van der Waals surface area contributed by atoms with E-state index >= 15 is 0 Å². The summed E-state index contributed by atoms with van der Waals surface area (Å²) in [6.45, 7) is 9.10. The van der Waals surface area contributed by atoms with Crippen LogP contribution in [-0.4, -0.2) is 62.6 Å². The van der Waals surface area contributed by atoms with Gasteiger partial charge < -0.3 is 27.1 Å². The van der Waals surface area contributed by atoms with Gasteiger partial charge in [0, 0.05) is 31.0 Å². The Morgan fingerprint density at radius 2 is 1.00 bits per heavy atom.